The molecule has 0 spiro atoms. The number of para-hydroxylation sites is 1. The molecule has 7 nitrogen and oxygen atoms in total. The number of nitrogens with zero attached hydrogens (tertiary/aromatic N) is 4. The van der Waals surface area contributed by atoms with Crippen LogP contribution in [0.4, 0.5) is 11.6 Å². The third-order valence-corrected chi connectivity index (χ3v) is 4.46. The molecule has 0 atom stereocenters. The molecular weight excluding hydrogens is 328 g/mol. The molecule has 0 bridgehead atoms. The zero-order valence-electron chi connectivity index (χ0n) is 14.8. The molecule has 0 unspecified atom stereocenters. The van der Waals surface area contributed by atoms with Gasteiger partial charge in [-0.25, -0.2) is 9.97 Å². The quantitative estimate of drug-likeness (QED) is 0.757. The van der Waals surface area contributed by atoms with Crippen LogP contribution in [0.15, 0.2) is 36.5 Å². The Morgan fingerprint density at radius 1 is 1.23 bits per heavy atom. The molecule has 2 aromatic heterocycles. The highest BCUT2D eigenvalue weighted by molar-refractivity contribution is 5.95. The number of hydrogen-bond donors (Lipinski definition) is 2. The number of carbonyl (C=O) groups excluding carboxylic acids is 1. The number of anilines is 2. The average molecular weight is 348 g/mol. The van der Waals surface area contributed by atoms with E-state index in [1.165, 1.54) is 0 Å². The molecule has 7 heteroatoms. The molecule has 1 aliphatic carbocycles. The van der Waals surface area contributed by atoms with Crippen LogP contribution in [0.1, 0.15) is 28.5 Å². The van der Waals surface area contributed by atoms with Crippen molar-refractivity contribution in [2.75, 3.05) is 11.9 Å². The summed E-state index contributed by atoms with van der Waals surface area (Å²) < 4.78 is 1.75. The predicted molar refractivity (Wildman–Crippen MR) is 99.4 cm³/mol. The average Bonchev–Trinajstić information content (AvgIpc) is 3.00. The van der Waals surface area contributed by atoms with E-state index in [-0.39, 0.29) is 5.91 Å². The Morgan fingerprint density at radius 3 is 2.81 bits per heavy atom. The number of benzene rings is 1. The first kappa shape index (κ1) is 16.3. The maximum atomic E-state index is 12.3. The second kappa shape index (κ2) is 6.59. The Hall–Kier alpha value is -3.22. The summed E-state index contributed by atoms with van der Waals surface area (Å²) in [6, 6.07) is 9.80. The van der Waals surface area contributed by atoms with Gasteiger partial charge in [0.15, 0.2) is 5.69 Å². The Balaban J connectivity index is 1.74. The van der Waals surface area contributed by atoms with E-state index in [0.29, 0.717) is 18.2 Å². The molecule has 3 aromatic rings. The van der Waals surface area contributed by atoms with Gasteiger partial charge in [-0.1, -0.05) is 18.2 Å². The molecule has 2 N–H and O–H groups in total. The van der Waals surface area contributed by atoms with E-state index in [9.17, 15) is 4.79 Å². The Labute approximate surface area is 151 Å². The number of rotatable bonds is 4. The number of aromatic nitrogens is 4. The normalized spacial score (nSPS) is 12.2. The first-order valence-corrected chi connectivity index (χ1v) is 8.69. The van der Waals surface area contributed by atoms with Gasteiger partial charge in [-0.2, -0.15) is 5.10 Å². The van der Waals surface area contributed by atoms with Crippen LogP contribution in [0.2, 0.25) is 0 Å². The van der Waals surface area contributed by atoms with Crippen molar-refractivity contribution in [3.63, 3.8) is 0 Å². The van der Waals surface area contributed by atoms with Gasteiger partial charge in [0.1, 0.15) is 0 Å². The summed E-state index contributed by atoms with van der Waals surface area (Å²) >= 11 is 0. The maximum absolute atomic E-state index is 12.3. The standard InChI is InChI=1S/C19H20N6O/c1-3-20-18(26)16-14-10-9-12-11-21-19(22-13-7-5-4-6-8-13)23-15(12)17(14)25(2)24-16/h4-8,11H,3,9-10H2,1-2H3,(H,20,26)(H,21,22,23). The van der Waals surface area contributed by atoms with Crippen molar-refractivity contribution in [3.8, 4) is 11.4 Å². The van der Waals surface area contributed by atoms with E-state index in [1.54, 1.807) is 4.68 Å². The van der Waals surface area contributed by atoms with Crippen molar-refractivity contribution in [1.82, 2.24) is 25.1 Å². The lowest BCUT2D eigenvalue weighted by Crippen LogP contribution is -2.24. The summed E-state index contributed by atoms with van der Waals surface area (Å²) in [6.45, 7) is 2.48. The van der Waals surface area contributed by atoms with Crippen LogP contribution in [-0.4, -0.2) is 32.2 Å². The van der Waals surface area contributed by atoms with Crippen molar-refractivity contribution in [1.29, 1.82) is 0 Å². The topological polar surface area (TPSA) is 84.7 Å². The summed E-state index contributed by atoms with van der Waals surface area (Å²) in [7, 11) is 1.85. The highest BCUT2D eigenvalue weighted by Crippen LogP contribution is 2.34. The van der Waals surface area contributed by atoms with Gasteiger partial charge < -0.3 is 10.6 Å². The Kier molecular flexibility index (Phi) is 4.12. The fourth-order valence-corrected chi connectivity index (χ4v) is 3.29. The molecule has 132 valence electrons. The minimum atomic E-state index is -0.135. The highest BCUT2D eigenvalue weighted by atomic mass is 16.1. The van der Waals surface area contributed by atoms with Gasteiger partial charge in [0.05, 0.1) is 11.4 Å². The highest BCUT2D eigenvalue weighted by Gasteiger charge is 2.28. The van der Waals surface area contributed by atoms with Crippen LogP contribution < -0.4 is 10.6 Å². The molecule has 4 rings (SSSR count). The summed E-state index contributed by atoms with van der Waals surface area (Å²) in [5.41, 5.74) is 5.18. The lowest BCUT2D eigenvalue weighted by molar-refractivity contribution is 0.0949. The van der Waals surface area contributed by atoms with Gasteiger partial charge in [-0.15, -0.1) is 0 Å². The maximum Gasteiger partial charge on any atom is 0.272 e. The van der Waals surface area contributed by atoms with Crippen LogP contribution in [0.3, 0.4) is 0 Å². The number of aryl methyl sites for hydroxylation is 2. The second-order valence-corrected chi connectivity index (χ2v) is 6.22. The van der Waals surface area contributed by atoms with Crippen molar-refractivity contribution in [3.05, 3.63) is 53.3 Å². The molecule has 0 saturated heterocycles. The monoisotopic (exact) mass is 348 g/mol. The smallest absolute Gasteiger partial charge is 0.272 e. The summed E-state index contributed by atoms with van der Waals surface area (Å²) in [5, 5.41) is 10.5. The van der Waals surface area contributed by atoms with E-state index in [4.69, 9.17) is 4.98 Å². The first-order chi connectivity index (χ1) is 12.7. The largest absolute Gasteiger partial charge is 0.351 e. The minimum absolute atomic E-state index is 0.135. The molecular formula is C19H20N6O. The van der Waals surface area contributed by atoms with E-state index in [2.05, 4.69) is 20.7 Å². The van der Waals surface area contributed by atoms with Gasteiger partial charge >= 0.3 is 0 Å². The predicted octanol–water partition coefficient (Wildman–Crippen LogP) is 2.47. The third kappa shape index (κ3) is 2.81. The van der Waals surface area contributed by atoms with Crippen LogP contribution in [0, 0.1) is 0 Å². The number of carbonyl (C=O) groups is 1. The molecule has 2 heterocycles. The van der Waals surface area contributed by atoms with E-state index in [0.717, 1.165) is 41.0 Å². The van der Waals surface area contributed by atoms with E-state index in [1.807, 2.05) is 50.5 Å². The van der Waals surface area contributed by atoms with Crippen LogP contribution >= 0.6 is 0 Å². The number of nitrogens with one attached hydrogen (secondary N) is 2. The SMILES string of the molecule is CCNC(=O)c1nn(C)c2c1CCc1cnc(Nc3ccccc3)nc1-2. The molecule has 1 aromatic carbocycles. The number of fused-ring (bicyclic) bond motifs is 3. The van der Waals surface area contributed by atoms with Crippen molar-refractivity contribution in [2.45, 2.75) is 19.8 Å². The third-order valence-electron chi connectivity index (χ3n) is 4.46. The summed E-state index contributed by atoms with van der Waals surface area (Å²) in [5.74, 6) is 0.396. The van der Waals surface area contributed by atoms with Gasteiger partial charge in [-0.05, 0) is 37.5 Å². The summed E-state index contributed by atoms with van der Waals surface area (Å²) in [6.07, 6.45) is 3.42. The molecule has 0 fully saturated rings. The lowest BCUT2D eigenvalue weighted by atomic mass is 9.93. The fraction of sp³-hybridized carbons (Fsp3) is 0.263. The Bertz CT molecular complexity index is 964. The molecule has 1 amide bonds. The van der Waals surface area contributed by atoms with E-state index < -0.39 is 0 Å². The molecule has 0 radical (unpaired) electrons. The number of hydrogen-bond acceptors (Lipinski definition) is 5. The fourth-order valence-electron chi connectivity index (χ4n) is 3.29. The van der Waals surface area contributed by atoms with Gasteiger partial charge in [0.25, 0.3) is 5.91 Å². The molecule has 0 saturated carbocycles. The van der Waals surface area contributed by atoms with Crippen molar-refractivity contribution >= 4 is 17.5 Å². The lowest BCUT2D eigenvalue weighted by Gasteiger charge is -2.17. The summed E-state index contributed by atoms with van der Waals surface area (Å²) in [4.78, 5) is 21.5. The molecule has 26 heavy (non-hydrogen) atoms. The zero-order valence-corrected chi connectivity index (χ0v) is 14.8. The van der Waals surface area contributed by atoms with Gasteiger partial charge in [0.2, 0.25) is 5.95 Å². The van der Waals surface area contributed by atoms with Crippen LogP contribution in [0.25, 0.3) is 11.4 Å². The van der Waals surface area contributed by atoms with Gasteiger partial charge in [0, 0.05) is 31.0 Å². The van der Waals surface area contributed by atoms with Crippen molar-refractivity contribution < 1.29 is 4.79 Å². The van der Waals surface area contributed by atoms with Crippen LogP contribution in [-0.2, 0) is 19.9 Å². The second-order valence-electron chi connectivity index (χ2n) is 6.22. The van der Waals surface area contributed by atoms with E-state index >= 15 is 0 Å². The van der Waals surface area contributed by atoms with Crippen molar-refractivity contribution in [2.24, 2.45) is 7.05 Å². The first-order valence-electron chi connectivity index (χ1n) is 8.69. The zero-order chi connectivity index (χ0) is 18.1. The Morgan fingerprint density at radius 2 is 2.04 bits per heavy atom. The minimum Gasteiger partial charge on any atom is -0.351 e. The molecule has 0 aliphatic heterocycles. The molecule has 1 aliphatic rings. The van der Waals surface area contributed by atoms with Crippen LogP contribution in [0.5, 0.6) is 0 Å². The number of amides is 1. The van der Waals surface area contributed by atoms with Gasteiger partial charge in [-0.3, -0.25) is 9.48 Å².